The van der Waals surface area contributed by atoms with Crippen LogP contribution in [0.25, 0.3) is 0 Å². The third-order valence-electron chi connectivity index (χ3n) is 1.95. The highest BCUT2D eigenvalue weighted by Gasteiger charge is 1.97. The minimum atomic E-state index is 0.530. The number of azo groups is 1. The molecule has 0 N–H and O–H groups in total. The Morgan fingerprint density at radius 3 is 1.71 bits per heavy atom. The van der Waals surface area contributed by atoms with Crippen molar-refractivity contribution >= 4 is 46.2 Å². The zero-order chi connectivity index (χ0) is 12.3. The van der Waals surface area contributed by atoms with Gasteiger partial charge in [0.1, 0.15) is 0 Å². The van der Waals surface area contributed by atoms with E-state index in [0.29, 0.717) is 26.4 Å². The van der Waals surface area contributed by atoms with Crippen molar-refractivity contribution in [1.82, 2.24) is 0 Å². The van der Waals surface area contributed by atoms with Gasteiger partial charge in [0.25, 0.3) is 0 Å². The van der Waals surface area contributed by atoms with Gasteiger partial charge in [0.05, 0.1) is 11.4 Å². The summed E-state index contributed by atoms with van der Waals surface area (Å²) in [6.45, 7) is 0. The lowest BCUT2D eigenvalue weighted by atomic mass is 10.3. The van der Waals surface area contributed by atoms with E-state index in [4.69, 9.17) is 34.8 Å². The Morgan fingerprint density at radius 2 is 1.12 bits per heavy atom. The molecule has 0 aliphatic rings. The molecule has 0 spiro atoms. The third-order valence-corrected chi connectivity index (χ3v) is 2.64. The molecule has 0 aliphatic heterocycles. The SMILES string of the molecule is Clc1ccc(N=Nc2cc(Cl)cc(Cl)c2)cc1. The molecule has 0 saturated carbocycles. The molecule has 0 radical (unpaired) electrons. The maximum Gasteiger partial charge on any atom is 0.0886 e. The maximum atomic E-state index is 5.85. The molecule has 5 heteroatoms. The zero-order valence-corrected chi connectivity index (χ0v) is 10.8. The number of hydrogen-bond acceptors (Lipinski definition) is 2. The Kier molecular flexibility index (Phi) is 4.00. The van der Waals surface area contributed by atoms with Crippen molar-refractivity contribution in [2.24, 2.45) is 10.2 Å². The molecule has 0 heterocycles. The van der Waals surface area contributed by atoms with E-state index >= 15 is 0 Å². The second kappa shape index (κ2) is 5.50. The third kappa shape index (κ3) is 3.70. The minimum Gasteiger partial charge on any atom is -0.151 e. The monoisotopic (exact) mass is 284 g/mol. The van der Waals surface area contributed by atoms with E-state index in [1.165, 1.54) is 0 Å². The fourth-order valence-corrected chi connectivity index (χ4v) is 1.86. The standard InChI is InChI=1S/C12H7Cl3N2/c13-8-1-3-11(4-2-8)16-17-12-6-9(14)5-10(15)7-12/h1-7H. The molecule has 0 fully saturated rings. The highest BCUT2D eigenvalue weighted by molar-refractivity contribution is 6.35. The molecule has 0 amide bonds. The van der Waals surface area contributed by atoms with Crippen LogP contribution in [-0.4, -0.2) is 0 Å². The van der Waals surface area contributed by atoms with E-state index in [0.717, 1.165) is 0 Å². The molecule has 2 rings (SSSR count). The van der Waals surface area contributed by atoms with Crippen LogP contribution in [0, 0.1) is 0 Å². The van der Waals surface area contributed by atoms with Gasteiger partial charge in [0, 0.05) is 15.1 Å². The fraction of sp³-hybridized carbons (Fsp3) is 0. The molecule has 0 aliphatic carbocycles. The Bertz CT molecular complexity index is 530. The van der Waals surface area contributed by atoms with E-state index in [2.05, 4.69) is 10.2 Å². The van der Waals surface area contributed by atoms with Gasteiger partial charge >= 0.3 is 0 Å². The predicted molar refractivity (Wildman–Crippen MR) is 72.1 cm³/mol. The van der Waals surface area contributed by atoms with Gasteiger partial charge in [-0.3, -0.25) is 0 Å². The number of benzene rings is 2. The van der Waals surface area contributed by atoms with Crippen molar-refractivity contribution in [3.8, 4) is 0 Å². The molecule has 2 aromatic carbocycles. The smallest absolute Gasteiger partial charge is 0.0886 e. The Hall–Kier alpha value is -1.09. The minimum absolute atomic E-state index is 0.530. The van der Waals surface area contributed by atoms with E-state index in [1.807, 2.05) is 0 Å². The number of nitrogens with zero attached hydrogens (tertiary/aromatic N) is 2. The number of hydrogen-bond donors (Lipinski definition) is 0. The van der Waals surface area contributed by atoms with Crippen LogP contribution in [0.3, 0.4) is 0 Å². The van der Waals surface area contributed by atoms with Gasteiger partial charge in [-0.05, 0) is 42.5 Å². The van der Waals surface area contributed by atoms with Crippen molar-refractivity contribution in [3.05, 3.63) is 57.5 Å². The Balaban J connectivity index is 2.22. The summed E-state index contributed by atoms with van der Waals surface area (Å²) in [6, 6.07) is 12.1. The normalized spacial score (nSPS) is 11.0. The Morgan fingerprint density at radius 1 is 0.588 bits per heavy atom. The van der Waals surface area contributed by atoms with Crippen molar-refractivity contribution in [3.63, 3.8) is 0 Å². The van der Waals surface area contributed by atoms with Crippen LogP contribution in [0.1, 0.15) is 0 Å². The second-order valence-corrected chi connectivity index (χ2v) is 4.61. The highest BCUT2D eigenvalue weighted by atomic mass is 35.5. The highest BCUT2D eigenvalue weighted by Crippen LogP contribution is 2.26. The molecule has 17 heavy (non-hydrogen) atoms. The summed E-state index contributed by atoms with van der Waals surface area (Å²) in [7, 11) is 0. The number of halogens is 3. The maximum absolute atomic E-state index is 5.85. The summed E-state index contributed by atoms with van der Waals surface area (Å²) in [5, 5.41) is 9.81. The number of rotatable bonds is 2. The molecule has 0 saturated heterocycles. The van der Waals surface area contributed by atoms with E-state index in [1.54, 1.807) is 42.5 Å². The quantitative estimate of drug-likeness (QED) is 0.599. The lowest BCUT2D eigenvalue weighted by molar-refractivity contribution is 1.23. The van der Waals surface area contributed by atoms with Gasteiger partial charge in [0.15, 0.2) is 0 Å². The molecule has 0 atom stereocenters. The first-order chi connectivity index (χ1) is 8.13. The first kappa shape index (κ1) is 12.4. The van der Waals surface area contributed by atoms with Crippen molar-refractivity contribution in [2.75, 3.05) is 0 Å². The van der Waals surface area contributed by atoms with Gasteiger partial charge < -0.3 is 0 Å². The summed E-state index contributed by atoms with van der Waals surface area (Å²) in [5.74, 6) is 0. The second-order valence-electron chi connectivity index (χ2n) is 3.30. The van der Waals surface area contributed by atoms with Crippen LogP contribution in [0.2, 0.25) is 15.1 Å². The molecule has 2 aromatic rings. The molecule has 2 nitrogen and oxygen atoms in total. The van der Waals surface area contributed by atoms with Crippen LogP contribution in [0.4, 0.5) is 11.4 Å². The van der Waals surface area contributed by atoms with Crippen LogP contribution >= 0.6 is 34.8 Å². The van der Waals surface area contributed by atoms with Crippen LogP contribution in [-0.2, 0) is 0 Å². The van der Waals surface area contributed by atoms with Crippen molar-refractivity contribution < 1.29 is 0 Å². The Labute approximate surface area is 114 Å². The average molecular weight is 286 g/mol. The molecule has 0 aromatic heterocycles. The van der Waals surface area contributed by atoms with Gasteiger partial charge in [-0.25, -0.2) is 0 Å². The summed E-state index contributed by atoms with van der Waals surface area (Å²) in [5.41, 5.74) is 1.32. The van der Waals surface area contributed by atoms with Crippen LogP contribution in [0.5, 0.6) is 0 Å². The topological polar surface area (TPSA) is 24.7 Å². The van der Waals surface area contributed by atoms with Crippen LogP contribution < -0.4 is 0 Å². The lowest BCUT2D eigenvalue weighted by Gasteiger charge is -1.96. The molecular weight excluding hydrogens is 279 g/mol. The van der Waals surface area contributed by atoms with E-state index in [-0.39, 0.29) is 0 Å². The molecule has 86 valence electrons. The van der Waals surface area contributed by atoms with Gasteiger partial charge in [-0.1, -0.05) is 34.8 Å². The first-order valence-electron chi connectivity index (χ1n) is 4.77. The lowest BCUT2D eigenvalue weighted by Crippen LogP contribution is -1.68. The van der Waals surface area contributed by atoms with Gasteiger partial charge in [-0.15, -0.1) is 0 Å². The summed E-state index contributed by atoms with van der Waals surface area (Å²) in [4.78, 5) is 0. The van der Waals surface area contributed by atoms with Gasteiger partial charge in [0.2, 0.25) is 0 Å². The first-order valence-corrected chi connectivity index (χ1v) is 5.90. The summed E-state index contributed by atoms with van der Waals surface area (Å²) >= 11 is 17.5. The van der Waals surface area contributed by atoms with E-state index in [9.17, 15) is 0 Å². The van der Waals surface area contributed by atoms with Crippen LogP contribution in [0.15, 0.2) is 52.7 Å². The average Bonchev–Trinajstić information content (AvgIpc) is 2.27. The van der Waals surface area contributed by atoms with Crippen molar-refractivity contribution in [2.45, 2.75) is 0 Å². The largest absolute Gasteiger partial charge is 0.151 e. The van der Waals surface area contributed by atoms with Crippen molar-refractivity contribution in [1.29, 1.82) is 0 Å². The summed E-state index contributed by atoms with van der Waals surface area (Å²) in [6.07, 6.45) is 0. The molecule has 0 bridgehead atoms. The van der Waals surface area contributed by atoms with E-state index < -0.39 is 0 Å². The fourth-order valence-electron chi connectivity index (χ4n) is 1.22. The summed E-state index contributed by atoms with van der Waals surface area (Å²) < 4.78 is 0. The molecular formula is C12H7Cl3N2. The zero-order valence-electron chi connectivity index (χ0n) is 8.57. The molecule has 0 unspecified atom stereocenters. The van der Waals surface area contributed by atoms with Gasteiger partial charge in [-0.2, -0.15) is 10.2 Å². The predicted octanol–water partition coefficient (Wildman–Crippen LogP) is 6.06.